The fourth-order valence-corrected chi connectivity index (χ4v) is 2.25. The minimum absolute atomic E-state index is 0.306. The zero-order chi connectivity index (χ0) is 17.9. The van der Waals surface area contributed by atoms with Crippen molar-refractivity contribution >= 4 is 0 Å². The van der Waals surface area contributed by atoms with Crippen molar-refractivity contribution in [1.82, 2.24) is 15.0 Å². The summed E-state index contributed by atoms with van der Waals surface area (Å²) in [6, 6.07) is 8.03. The number of ether oxygens (including phenoxy) is 2. The van der Waals surface area contributed by atoms with Crippen LogP contribution in [0.4, 0.5) is 8.78 Å². The second kappa shape index (κ2) is 6.80. The van der Waals surface area contributed by atoms with Crippen LogP contribution in [0.15, 0.2) is 55.1 Å². The highest BCUT2D eigenvalue weighted by atomic mass is 19.3. The molecule has 0 aliphatic heterocycles. The summed E-state index contributed by atoms with van der Waals surface area (Å²) in [5, 5.41) is 0. The molecule has 0 aromatic carbocycles. The van der Waals surface area contributed by atoms with Crippen molar-refractivity contribution in [3.05, 3.63) is 60.8 Å². The van der Waals surface area contributed by atoms with Gasteiger partial charge in [0.05, 0.1) is 19.5 Å². The Hall–Kier alpha value is -3.09. The molecular weight excluding hydrogens is 328 g/mol. The fraction of sp³-hybridized carbons (Fsp3) is 0.167. The maximum absolute atomic E-state index is 13.2. The third kappa shape index (κ3) is 3.71. The number of nitrogens with zero attached hydrogens (tertiary/aromatic N) is 3. The van der Waals surface area contributed by atoms with E-state index in [9.17, 15) is 8.78 Å². The fourth-order valence-electron chi connectivity index (χ4n) is 2.25. The van der Waals surface area contributed by atoms with Crippen LogP contribution < -0.4 is 9.47 Å². The molecule has 0 bridgehead atoms. The summed E-state index contributed by atoms with van der Waals surface area (Å²) in [5.74, 6) is -1.82. The van der Waals surface area contributed by atoms with Gasteiger partial charge in [0.15, 0.2) is 0 Å². The highest BCUT2D eigenvalue weighted by Crippen LogP contribution is 2.36. The molecule has 0 unspecified atom stereocenters. The second-order valence-electron chi connectivity index (χ2n) is 5.30. The predicted molar refractivity (Wildman–Crippen MR) is 87.9 cm³/mol. The van der Waals surface area contributed by atoms with Gasteiger partial charge in [-0.25, -0.2) is 4.98 Å². The van der Waals surface area contributed by atoms with E-state index in [4.69, 9.17) is 9.47 Å². The van der Waals surface area contributed by atoms with Crippen LogP contribution in [-0.4, -0.2) is 22.1 Å². The number of methoxy groups -OCH3 is 1. The molecule has 0 saturated carbocycles. The molecule has 0 amide bonds. The summed E-state index contributed by atoms with van der Waals surface area (Å²) in [7, 11) is 1.55. The van der Waals surface area contributed by atoms with Crippen LogP contribution in [0.2, 0.25) is 0 Å². The Labute approximate surface area is 143 Å². The maximum atomic E-state index is 13.2. The number of hydrogen-bond acceptors (Lipinski definition) is 5. The number of rotatable bonds is 5. The number of aromatic nitrogens is 3. The van der Waals surface area contributed by atoms with Gasteiger partial charge >= 0.3 is 0 Å². The molecule has 0 aliphatic carbocycles. The van der Waals surface area contributed by atoms with Crippen molar-refractivity contribution in [1.29, 1.82) is 0 Å². The summed E-state index contributed by atoms with van der Waals surface area (Å²) in [6.45, 7) is 0.794. The molecular formula is C18H15F2N3O2. The average Bonchev–Trinajstić information content (AvgIpc) is 2.62. The van der Waals surface area contributed by atoms with Gasteiger partial charge in [-0.3, -0.25) is 9.97 Å². The monoisotopic (exact) mass is 343 g/mol. The topological polar surface area (TPSA) is 57.1 Å². The molecule has 3 heterocycles. The van der Waals surface area contributed by atoms with Crippen molar-refractivity contribution in [2.24, 2.45) is 0 Å². The zero-order valence-electron chi connectivity index (χ0n) is 13.6. The molecule has 0 radical (unpaired) electrons. The number of halogens is 2. The van der Waals surface area contributed by atoms with E-state index in [0.29, 0.717) is 22.9 Å². The summed E-state index contributed by atoms with van der Waals surface area (Å²) >= 11 is 0. The number of hydrogen-bond donors (Lipinski definition) is 0. The Kier molecular flexibility index (Phi) is 4.56. The average molecular weight is 343 g/mol. The lowest BCUT2D eigenvalue weighted by atomic mass is 10.1. The van der Waals surface area contributed by atoms with Crippen molar-refractivity contribution < 1.29 is 18.3 Å². The Bertz CT molecular complexity index is 865. The Morgan fingerprint density at radius 2 is 1.80 bits per heavy atom. The lowest BCUT2D eigenvalue weighted by Gasteiger charge is -2.13. The van der Waals surface area contributed by atoms with Crippen LogP contribution in [0.5, 0.6) is 17.4 Å². The summed E-state index contributed by atoms with van der Waals surface area (Å²) < 4.78 is 37.5. The van der Waals surface area contributed by atoms with E-state index in [1.807, 2.05) is 6.07 Å². The summed E-state index contributed by atoms with van der Waals surface area (Å²) in [4.78, 5) is 12.0. The number of alkyl halides is 2. The first kappa shape index (κ1) is 16.8. The van der Waals surface area contributed by atoms with E-state index >= 15 is 0 Å². The van der Waals surface area contributed by atoms with Crippen molar-refractivity contribution in [3.8, 4) is 28.5 Å². The zero-order valence-corrected chi connectivity index (χ0v) is 13.6. The molecule has 5 nitrogen and oxygen atoms in total. The van der Waals surface area contributed by atoms with Crippen molar-refractivity contribution in [3.63, 3.8) is 0 Å². The summed E-state index contributed by atoms with van der Waals surface area (Å²) in [5.41, 5.74) is 1.12. The molecule has 3 aromatic heterocycles. The van der Waals surface area contributed by atoms with E-state index in [1.165, 1.54) is 18.3 Å². The van der Waals surface area contributed by atoms with Gasteiger partial charge in [-0.05, 0) is 30.3 Å². The Balaban J connectivity index is 1.94. The van der Waals surface area contributed by atoms with Crippen molar-refractivity contribution in [2.45, 2.75) is 12.8 Å². The normalized spacial score (nSPS) is 11.2. The third-order valence-electron chi connectivity index (χ3n) is 3.47. The quantitative estimate of drug-likeness (QED) is 0.685. The largest absolute Gasteiger partial charge is 0.494 e. The smallest absolute Gasteiger partial charge is 0.286 e. The van der Waals surface area contributed by atoms with E-state index in [2.05, 4.69) is 15.0 Å². The van der Waals surface area contributed by atoms with Gasteiger partial charge in [0.2, 0.25) is 5.88 Å². The van der Waals surface area contributed by atoms with Crippen LogP contribution >= 0.6 is 0 Å². The minimum Gasteiger partial charge on any atom is -0.494 e. The van der Waals surface area contributed by atoms with Gasteiger partial charge in [-0.1, -0.05) is 0 Å². The Morgan fingerprint density at radius 3 is 2.48 bits per heavy atom. The van der Waals surface area contributed by atoms with Crippen LogP contribution in [0.25, 0.3) is 11.1 Å². The minimum atomic E-state index is -3.00. The van der Waals surface area contributed by atoms with Gasteiger partial charge in [0.25, 0.3) is 5.92 Å². The van der Waals surface area contributed by atoms with E-state index in [0.717, 1.165) is 12.5 Å². The second-order valence-corrected chi connectivity index (χ2v) is 5.30. The maximum Gasteiger partial charge on any atom is 0.286 e. The van der Waals surface area contributed by atoms with Gasteiger partial charge in [-0.2, -0.15) is 8.78 Å². The predicted octanol–water partition coefficient (Wildman–Crippen LogP) is 4.45. The van der Waals surface area contributed by atoms with Crippen LogP contribution in [0, 0.1) is 0 Å². The van der Waals surface area contributed by atoms with E-state index in [1.54, 1.807) is 37.8 Å². The molecule has 0 spiro atoms. The first-order chi connectivity index (χ1) is 12.0. The van der Waals surface area contributed by atoms with E-state index < -0.39 is 5.92 Å². The van der Waals surface area contributed by atoms with Crippen LogP contribution in [0.1, 0.15) is 12.6 Å². The van der Waals surface area contributed by atoms with Gasteiger partial charge < -0.3 is 9.47 Å². The van der Waals surface area contributed by atoms with Gasteiger partial charge in [0, 0.05) is 30.4 Å². The lowest BCUT2D eigenvalue weighted by molar-refractivity contribution is 0.0127. The summed E-state index contributed by atoms with van der Waals surface area (Å²) in [6.07, 6.45) is 6.05. The first-order valence-electron chi connectivity index (χ1n) is 7.44. The lowest BCUT2D eigenvalue weighted by Crippen LogP contribution is -2.09. The molecule has 25 heavy (non-hydrogen) atoms. The molecule has 0 N–H and O–H groups in total. The molecule has 3 aromatic rings. The first-order valence-corrected chi connectivity index (χ1v) is 7.44. The molecule has 128 valence electrons. The molecule has 0 saturated heterocycles. The molecule has 0 fully saturated rings. The Morgan fingerprint density at radius 1 is 0.960 bits per heavy atom. The highest BCUT2D eigenvalue weighted by molar-refractivity contribution is 5.74. The van der Waals surface area contributed by atoms with Gasteiger partial charge in [0.1, 0.15) is 17.2 Å². The third-order valence-corrected chi connectivity index (χ3v) is 3.47. The number of pyridine rings is 3. The molecule has 0 aliphatic rings. The molecule has 3 rings (SSSR count). The van der Waals surface area contributed by atoms with Crippen molar-refractivity contribution in [2.75, 3.05) is 7.11 Å². The molecule has 7 heteroatoms. The van der Waals surface area contributed by atoms with E-state index in [-0.39, 0.29) is 5.69 Å². The van der Waals surface area contributed by atoms with Gasteiger partial charge in [-0.15, -0.1) is 0 Å². The van der Waals surface area contributed by atoms with Crippen LogP contribution in [-0.2, 0) is 5.92 Å². The standard InChI is InChI=1S/C18H15F2N3O2/c1-18(19,20)16-6-5-12(10-23-16)25-17-14(4-3-8-22-17)13-7-9-21-11-15(13)24-2/h3-11H,1-2H3. The molecule has 0 atom stereocenters. The SMILES string of the molecule is COc1cnccc1-c1cccnc1Oc1ccc(C(C)(F)F)nc1. The van der Waals surface area contributed by atoms with Crippen LogP contribution in [0.3, 0.4) is 0 Å². The highest BCUT2D eigenvalue weighted by Gasteiger charge is 2.25.